The average Bonchev–Trinajstić information content (AvgIpc) is 2.86. The van der Waals surface area contributed by atoms with Crippen molar-refractivity contribution in [2.24, 2.45) is 0 Å². The molecule has 0 bridgehead atoms. The second-order valence-electron chi connectivity index (χ2n) is 4.68. The lowest BCUT2D eigenvalue weighted by atomic mass is 9.83. The van der Waals surface area contributed by atoms with Crippen LogP contribution in [0.25, 0.3) is 0 Å². The first kappa shape index (κ1) is 10.5. The molecule has 0 saturated carbocycles. The predicted octanol–water partition coefficient (Wildman–Crippen LogP) is 2.57. The van der Waals surface area contributed by atoms with Gasteiger partial charge in [0.15, 0.2) is 0 Å². The molecule has 0 spiro atoms. The number of benzene rings is 1. The molecule has 1 aliphatic carbocycles. The summed E-state index contributed by atoms with van der Waals surface area (Å²) in [4.78, 5) is 0. The molecule has 0 amide bonds. The van der Waals surface area contributed by atoms with Crippen LogP contribution in [-0.4, -0.2) is 14.8 Å². The molecule has 1 unspecified atom stereocenters. The molecular weight excluding hydrogens is 210 g/mol. The van der Waals surface area contributed by atoms with E-state index in [1.165, 1.54) is 17.5 Å². The molecule has 2 aromatic rings. The van der Waals surface area contributed by atoms with E-state index in [-0.39, 0.29) is 0 Å². The minimum Gasteiger partial charge on any atom is -0.318 e. The van der Waals surface area contributed by atoms with Gasteiger partial charge < -0.3 is 4.57 Å². The van der Waals surface area contributed by atoms with Crippen molar-refractivity contribution in [3.63, 3.8) is 0 Å². The van der Waals surface area contributed by atoms with Gasteiger partial charge in [-0.3, -0.25) is 0 Å². The van der Waals surface area contributed by atoms with Crippen LogP contribution in [0.15, 0.2) is 30.6 Å². The van der Waals surface area contributed by atoms with Gasteiger partial charge in [-0.1, -0.05) is 24.3 Å². The maximum atomic E-state index is 4.30. The highest BCUT2D eigenvalue weighted by molar-refractivity contribution is 5.31. The molecule has 3 rings (SSSR count). The maximum absolute atomic E-state index is 4.30. The van der Waals surface area contributed by atoms with Crippen LogP contribution in [0.3, 0.4) is 0 Å². The second kappa shape index (κ2) is 4.32. The predicted molar refractivity (Wildman–Crippen MR) is 66.9 cm³/mol. The third kappa shape index (κ3) is 1.86. The first-order valence-corrected chi connectivity index (χ1v) is 6.33. The summed E-state index contributed by atoms with van der Waals surface area (Å²) in [6, 6.07) is 8.75. The lowest BCUT2D eigenvalue weighted by Gasteiger charge is -2.24. The van der Waals surface area contributed by atoms with Crippen LogP contribution in [-0.2, 0) is 19.4 Å². The summed E-state index contributed by atoms with van der Waals surface area (Å²) in [6.07, 6.45) is 5.30. The van der Waals surface area contributed by atoms with E-state index < -0.39 is 0 Å². The van der Waals surface area contributed by atoms with Crippen LogP contribution < -0.4 is 0 Å². The Balaban J connectivity index is 1.89. The van der Waals surface area contributed by atoms with Crippen LogP contribution >= 0.6 is 0 Å². The zero-order valence-electron chi connectivity index (χ0n) is 10.1. The zero-order chi connectivity index (χ0) is 11.7. The van der Waals surface area contributed by atoms with Gasteiger partial charge in [0.05, 0.1) is 0 Å². The Morgan fingerprint density at radius 2 is 2.12 bits per heavy atom. The highest BCUT2D eigenvalue weighted by Crippen LogP contribution is 2.31. The van der Waals surface area contributed by atoms with Crippen molar-refractivity contribution in [2.75, 3.05) is 0 Å². The summed E-state index contributed by atoms with van der Waals surface area (Å²) in [6.45, 7) is 3.10. The highest BCUT2D eigenvalue weighted by Gasteiger charge is 2.23. The van der Waals surface area contributed by atoms with E-state index in [0.717, 1.165) is 25.2 Å². The van der Waals surface area contributed by atoms with E-state index in [1.54, 1.807) is 0 Å². The van der Waals surface area contributed by atoms with E-state index in [4.69, 9.17) is 0 Å². The first-order valence-electron chi connectivity index (χ1n) is 6.33. The largest absolute Gasteiger partial charge is 0.318 e. The third-order valence-corrected chi connectivity index (χ3v) is 3.70. The zero-order valence-corrected chi connectivity index (χ0v) is 10.1. The van der Waals surface area contributed by atoms with Gasteiger partial charge in [0.2, 0.25) is 0 Å². The van der Waals surface area contributed by atoms with Crippen molar-refractivity contribution in [3.8, 4) is 0 Å². The Hall–Kier alpha value is -1.64. The normalized spacial score (nSPS) is 19.0. The number of hydrogen-bond acceptors (Lipinski definition) is 2. The average molecular weight is 227 g/mol. The summed E-state index contributed by atoms with van der Waals surface area (Å²) in [5.74, 6) is 1.69. The molecule has 1 heterocycles. The van der Waals surface area contributed by atoms with Gasteiger partial charge in [-0.25, -0.2) is 0 Å². The fourth-order valence-corrected chi connectivity index (χ4v) is 2.74. The SMILES string of the molecule is CCn1cnnc1C1CCc2ccccc2C1. The Morgan fingerprint density at radius 3 is 2.94 bits per heavy atom. The Labute approximate surface area is 101 Å². The van der Waals surface area contributed by atoms with Gasteiger partial charge >= 0.3 is 0 Å². The number of fused-ring (bicyclic) bond motifs is 1. The summed E-state index contributed by atoms with van der Waals surface area (Å²) in [5.41, 5.74) is 2.99. The van der Waals surface area contributed by atoms with Gasteiger partial charge in [-0.2, -0.15) is 0 Å². The van der Waals surface area contributed by atoms with Crippen molar-refractivity contribution in [1.82, 2.24) is 14.8 Å². The molecule has 1 aromatic carbocycles. The smallest absolute Gasteiger partial charge is 0.136 e. The second-order valence-corrected chi connectivity index (χ2v) is 4.68. The fourth-order valence-electron chi connectivity index (χ4n) is 2.74. The number of hydrogen-bond donors (Lipinski definition) is 0. The molecule has 0 saturated heterocycles. The molecule has 3 heteroatoms. The standard InChI is InChI=1S/C14H17N3/c1-2-17-10-15-16-14(17)13-8-7-11-5-3-4-6-12(11)9-13/h3-6,10,13H,2,7-9H2,1H3. The molecule has 88 valence electrons. The monoisotopic (exact) mass is 227 g/mol. The Kier molecular flexibility index (Phi) is 2.67. The Bertz CT molecular complexity index is 516. The minimum atomic E-state index is 0.535. The van der Waals surface area contributed by atoms with E-state index in [2.05, 4.69) is 46.0 Å². The number of aromatic nitrogens is 3. The van der Waals surface area contributed by atoms with Crippen molar-refractivity contribution in [1.29, 1.82) is 0 Å². The van der Waals surface area contributed by atoms with Crippen LogP contribution in [0, 0.1) is 0 Å². The molecule has 0 N–H and O–H groups in total. The van der Waals surface area contributed by atoms with E-state index >= 15 is 0 Å². The maximum Gasteiger partial charge on any atom is 0.136 e. The topological polar surface area (TPSA) is 30.7 Å². The van der Waals surface area contributed by atoms with Crippen molar-refractivity contribution >= 4 is 0 Å². The molecule has 1 aromatic heterocycles. The number of rotatable bonds is 2. The quantitative estimate of drug-likeness (QED) is 0.789. The number of aryl methyl sites for hydroxylation is 2. The highest BCUT2D eigenvalue weighted by atomic mass is 15.3. The fraction of sp³-hybridized carbons (Fsp3) is 0.429. The van der Waals surface area contributed by atoms with Crippen LogP contribution in [0.4, 0.5) is 0 Å². The molecule has 0 radical (unpaired) electrons. The first-order chi connectivity index (χ1) is 8.38. The van der Waals surface area contributed by atoms with Crippen molar-refractivity contribution < 1.29 is 0 Å². The third-order valence-electron chi connectivity index (χ3n) is 3.70. The summed E-state index contributed by atoms with van der Waals surface area (Å²) < 4.78 is 2.17. The van der Waals surface area contributed by atoms with E-state index in [9.17, 15) is 0 Å². The van der Waals surface area contributed by atoms with E-state index in [0.29, 0.717) is 5.92 Å². The van der Waals surface area contributed by atoms with E-state index in [1.807, 2.05) is 6.33 Å². The number of nitrogens with zero attached hydrogens (tertiary/aromatic N) is 3. The van der Waals surface area contributed by atoms with Gasteiger partial charge in [0, 0.05) is 12.5 Å². The van der Waals surface area contributed by atoms with Gasteiger partial charge in [0.25, 0.3) is 0 Å². The molecule has 3 nitrogen and oxygen atoms in total. The van der Waals surface area contributed by atoms with Crippen molar-refractivity contribution in [2.45, 2.75) is 38.6 Å². The molecule has 1 atom stereocenters. The molecule has 17 heavy (non-hydrogen) atoms. The summed E-state index contributed by atoms with van der Waals surface area (Å²) in [7, 11) is 0. The van der Waals surface area contributed by atoms with Crippen LogP contribution in [0.2, 0.25) is 0 Å². The molecule has 0 fully saturated rings. The minimum absolute atomic E-state index is 0.535. The van der Waals surface area contributed by atoms with Crippen LogP contribution in [0.1, 0.15) is 36.2 Å². The van der Waals surface area contributed by atoms with Crippen molar-refractivity contribution in [3.05, 3.63) is 47.5 Å². The van der Waals surface area contributed by atoms with Crippen LogP contribution in [0.5, 0.6) is 0 Å². The van der Waals surface area contributed by atoms with Gasteiger partial charge in [-0.15, -0.1) is 10.2 Å². The molecular formula is C14H17N3. The summed E-state index contributed by atoms with van der Waals surface area (Å²) >= 11 is 0. The van der Waals surface area contributed by atoms with Gasteiger partial charge in [-0.05, 0) is 37.3 Å². The van der Waals surface area contributed by atoms with Gasteiger partial charge in [0.1, 0.15) is 12.2 Å². The lowest BCUT2D eigenvalue weighted by Crippen LogP contribution is -2.16. The lowest BCUT2D eigenvalue weighted by molar-refractivity contribution is 0.523. The molecule has 0 aliphatic heterocycles. The molecule has 1 aliphatic rings. The summed E-state index contributed by atoms with van der Waals surface area (Å²) in [5, 5.41) is 8.33. The Morgan fingerprint density at radius 1 is 1.29 bits per heavy atom.